The topological polar surface area (TPSA) is 62.8 Å². The molecule has 1 saturated heterocycles. The van der Waals surface area contributed by atoms with Gasteiger partial charge in [-0.1, -0.05) is 19.3 Å². The lowest BCUT2D eigenvalue weighted by Crippen LogP contribution is -2.40. The second-order valence-electron chi connectivity index (χ2n) is 6.47. The summed E-state index contributed by atoms with van der Waals surface area (Å²) in [6.07, 6.45) is 8.70. The minimum absolute atomic E-state index is 0.0651. The van der Waals surface area contributed by atoms with Gasteiger partial charge in [0.05, 0.1) is 19.3 Å². The summed E-state index contributed by atoms with van der Waals surface area (Å²) in [6.45, 7) is 6.86. The number of amides is 2. The molecule has 0 aromatic carbocycles. The number of carbonyl (C=O) groups is 1. The van der Waals surface area contributed by atoms with Gasteiger partial charge in [-0.2, -0.15) is 0 Å². The van der Waals surface area contributed by atoms with Gasteiger partial charge in [-0.3, -0.25) is 4.90 Å². The minimum Gasteiger partial charge on any atom is -0.379 e. The summed E-state index contributed by atoms with van der Waals surface area (Å²) in [7, 11) is 0. The normalized spacial score (nSPS) is 20.3. The SMILES string of the molecule is O=C(NCCCOC1CCCCC1)NCCCN1CCOCC1. The van der Waals surface area contributed by atoms with Crippen molar-refractivity contribution in [1.82, 2.24) is 15.5 Å². The Morgan fingerprint density at radius 1 is 1.04 bits per heavy atom. The van der Waals surface area contributed by atoms with Gasteiger partial charge in [-0.05, 0) is 32.2 Å². The number of hydrogen-bond acceptors (Lipinski definition) is 4. The lowest BCUT2D eigenvalue weighted by Gasteiger charge is -2.26. The van der Waals surface area contributed by atoms with Gasteiger partial charge < -0.3 is 20.1 Å². The third-order valence-electron chi connectivity index (χ3n) is 4.55. The van der Waals surface area contributed by atoms with Gasteiger partial charge in [0.15, 0.2) is 0 Å². The largest absolute Gasteiger partial charge is 0.379 e. The molecule has 1 saturated carbocycles. The fourth-order valence-electron chi connectivity index (χ4n) is 3.15. The van der Waals surface area contributed by atoms with Crippen LogP contribution in [-0.4, -0.2) is 69.6 Å². The number of hydrogen-bond donors (Lipinski definition) is 2. The fourth-order valence-corrected chi connectivity index (χ4v) is 3.15. The number of carbonyl (C=O) groups excluding carboxylic acids is 1. The molecule has 0 bridgehead atoms. The first-order chi connectivity index (χ1) is 11.3. The summed E-state index contributed by atoms with van der Waals surface area (Å²) in [5.74, 6) is 0. The molecule has 1 heterocycles. The molecule has 2 N–H and O–H groups in total. The highest BCUT2D eigenvalue weighted by Gasteiger charge is 2.13. The van der Waals surface area contributed by atoms with Gasteiger partial charge in [-0.25, -0.2) is 4.79 Å². The molecule has 0 atom stereocenters. The van der Waals surface area contributed by atoms with E-state index in [0.29, 0.717) is 12.6 Å². The minimum atomic E-state index is -0.0651. The Hall–Kier alpha value is -0.850. The van der Waals surface area contributed by atoms with Crippen LogP contribution in [-0.2, 0) is 9.47 Å². The molecule has 1 aliphatic carbocycles. The van der Waals surface area contributed by atoms with Crippen molar-refractivity contribution in [2.45, 2.75) is 51.0 Å². The zero-order valence-corrected chi connectivity index (χ0v) is 14.4. The smallest absolute Gasteiger partial charge is 0.314 e. The molecule has 2 rings (SSSR count). The Morgan fingerprint density at radius 2 is 1.74 bits per heavy atom. The van der Waals surface area contributed by atoms with Crippen molar-refractivity contribution in [3.05, 3.63) is 0 Å². The van der Waals surface area contributed by atoms with Crippen LogP contribution in [0.15, 0.2) is 0 Å². The van der Waals surface area contributed by atoms with Gasteiger partial charge in [-0.15, -0.1) is 0 Å². The van der Waals surface area contributed by atoms with E-state index in [4.69, 9.17) is 9.47 Å². The van der Waals surface area contributed by atoms with Gasteiger partial charge in [0.1, 0.15) is 0 Å². The summed E-state index contributed by atoms with van der Waals surface area (Å²) in [5, 5.41) is 5.81. The van der Waals surface area contributed by atoms with E-state index in [0.717, 1.165) is 58.8 Å². The average Bonchev–Trinajstić information content (AvgIpc) is 2.60. The number of nitrogens with zero attached hydrogens (tertiary/aromatic N) is 1. The van der Waals surface area contributed by atoms with Gasteiger partial charge in [0.25, 0.3) is 0 Å². The van der Waals surface area contributed by atoms with E-state index >= 15 is 0 Å². The number of nitrogens with one attached hydrogen (secondary N) is 2. The number of urea groups is 1. The van der Waals surface area contributed by atoms with E-state index < -0.39 is 0 Å². The molecule has 6 heteroatoms. The monoisotopic (exact) mass is 327 g/mol. The van der Waals surface area contributed by atoms with E-state index in [-0.39, 0.29) is 6.03 Å². The molecule has 134 valence electrons. The van der Waals surface area contributed by atoms with Crippen molar-refractivity contribution < 1.29 is 14.3 Å². The van der Waals surface area contributed by atoms with Crippen LogP contribution in [0.4, 0.5) is 4.79 Å². The summed E-state index contributed by atoms with van der Waals surface area (Å²) in [5.41, 5.74) is 0. The number of morpholine rings is 1. The van der Waals surface area contributed by atoms with E-state index in [1.165, 1.54) is 32.1 Å². The molecule has 0 aromatic heterocycles. The van der Waals surface area contributed by atoms with Crippen LogP contribution in [0.2, 0.25) is 0 Å². The van der Waals surface area contributed by atoms with Crippen LogP contribution in [0.25, 0.3) is 0 Å². The number of rotatable bonds is 9. The Labute approximate surface area is 140 Å². The Morgan fingerprint density at radius 3 is 2.48 bits per heavy atom. The molecule has 6 nitrogen and oxygen atoms in total. The van der Waals surface area contributed by atoms with Gasteiger partial charge in [0.2, 0.25) is 0 Å². The maximum Gasteiger partial charge on any atom is 0.314 e. The highest BCUT2D eigenvalue weighted by molar-refractivity contribution is 5.73. The predicted molar refractivity (Wildman–Crippen MR) is 90.7 cm³/mol. The van der Waals surface area contributed by atoms with Crippen LogP contribution >= 0.6 is 0 Å². The fraction of sp³-hybridized carbons (Fsp3) is 0.941. The molecule has 0 aromatic rings. The molecule has 0 unspecified atom stereocenters. The molecule has 0 radical (unpaired) electrons. The predicted octanol–water partition coefficient (Wildman–Crippen LogP) is 1.75. The van der Waals surface area contributed by atoms with Crippen molar-refractivity contribution in [1.29, 1.82) is 0 Å². The molecule has 0 spiro atoms. The standard InChI is InChI=1S/C17H33N3O3/c21-17(18-8-4-10-20-11-14-22-15-12-20)19-9-5-13-23-16-6-2-1-3-7-16/h16H,1-15H2,(H2,18,19,21). The summed E-state index contributed by atoms with van der Waals surface area (Å²) < 4.78 is 11.2. The summed E-state index contributed by atoms with van der Waals surface area (Å²) >= 11 is 0. The van der Waals surface area contributed by atoms with Crippen LogP contribution in [0, 0.1) is 0 Å². The van der Waals surface area contributed by atoms with Crippen molar-refractivity contribution in [3.63, 3.8) is 0 Å². The molecular weight excluding hydrogens is 294 g/mol. The Balaban J connectivity index is 1.36. The molecule has 2 fully saturated rings. The van der Waals surface area contributed by atoms with E-state index in [1.807, 2.05) is 0 Å². The van der Waals surface area contributed by atoms with Crippen molar-refractivity contribution in [2.75, 3.05) is 52.5 Å². The lowest BCUT2D eigenvalue weighted by molar-refractivity contribution is 0.0275. The third kappa shape index (κ3) is 8.53. The van der Waals surface area contributed by atoms with Crippen molar-refractivity contribution >= 4 is 6.03 Å². The summed E-state index contributed by atoms with van der Waals surface area (Å²) in [4.78, 5) is 14.0. The second-order valence-corrected chi connectivity index (χ2v) is 6.47. The molecule has 2 aliphatic rings. The van der Waals surface area contributed by atoms with Crippen molar-refractivity contribution in [3.8, 4) is 0 Å². The second kappa shape index (κ2) is 11.6. The highest BCUT2D eigenvalue weighted by Crippen LogP contribution is 2.20. The molecule has 1 aliphatic heterocycles. The van der Waals surface area contributed by atoms with E-state index in [9.17, 15) is 4.79 Å². The quantitative estimate of drug-likeness (QED) is 0.633. The van der Waals surface area contributed by atoms with Gasteiger partial charge in [0, 0.05) is 32.8 Å². The number of ether oxygens (including phenoxy) is 2. The molecule has 2 amide bonds. The molecule has 23 heavy (non-hydrogen) atoms. The Bertz CT molecular complexity index is 316. The maximum absolute atomic E-state index is 11.7. The maximum atomic E-state index is 11.7. The Kier molecular flexibility index (Phi) is 9.36. The first-order valence-corrected chi connectivity index (χ1v) is 9.28. The van der Waals surface area contributed by atoms with Crippen LogP contribution in [0.5, 0.6) is 0 Å². The first kappa shape index (κ1) is 18.5. The first-order valence-electron chi connectivity index (χ1n) is 9.28. The van der Waals surface area contributed by atoms with E-state index in [2.05, 4.69) is 15.5 Å². The zero-order valence-electron chi connectivity index (χ0n) is 14.4. The molecular formula is C17H33N3O3. The summed E-state index contributed by atoms with van der Waals surface area (Å²) in [6, 6.07) is -0.0651. The van der Waals surface area contributed by atoms with E-state index in [1.54, 1.807) is 0 Å². The van der Waals surface area contributed by atoms with Gasteiger partial charge >= 0.3 is 6.03 Å². The lowest BCUT2D eigenvalue weighted by atomic mass is 9.98. The zero-order chi connectivity index (χ0) is 16.2. The van der Waals surface area contributed by atoms with Crippen LogP contribution < -0.4 is 10.6 Å². The van der Waals surface area contributed by atoms with Crippen LogP contribution in [0.1, 0.15) is 44.9 Å². The highest BCUT2D eigenvalue weighted by atomic mass is 16.5. The average molecular weight is 327 g/mol. The van der Waals surface area contributed by atoms with Crippen LogP contribution in [0.3, 0.4) is 0 Å². The van der Waals surface area contributed by atoms with Crippen molar-refractivity contribution in [2.24, 2.45) is 0 Å². The third-order valence-corrected chi connectivity index (χ3v) is 4.55.